The van der Waals surface area contributed by atoms with E-state index in [1.54, 1.807) is 24.8 Å². The first-order valence-corrected chi connectivity index (χ1v) is 5.95. The maximum atomic E-state index is 4.06. The third-order valence-corrected chi connectivity index (χ3v) is 2.55. The highest BCUT2D eigenvalue weighted by atomic mass is 14.9. The summed E-state index contributed by atoms with van der Waals surface area (Å²) in [5.41, 5.74) is 3.45. The van der Waals surface area contributed by atoms with Crippen LogP contribution in [0.3, 0.4) is 0 Å². The molecule has 0 fully saturated rings. The third-order valence-electron chi connectivity index (χ3n) is 2.55. The van der Waals surface area contributed by atoms with Crippen LogP contribution in [0.2, 0.25) is 0 Å². The summed E-state index contributed by atoms with van der Waals surface area (Å²) in [6.07, 6.45) is 9.88. The summed E-state index contributed by atoms with van der Waals surface area (Å²) in [4.78, 5) is 23.8. The molecule has 20 heavy (non-hydrogen) atoms. The van der Waals surface area contributed by atoms with Crippen molar-refractivity contribution in [2.24, 2.45) is 0 Å². The summed E-state index contributed by atoms with van der Waals surface area (Å²) >= 11 is 0. The molecule has 4 aromatic heterocycles. The van der Waals surface area contributed by atoms with Gasteiger partial charge in [-0.2, -0.15) is 0 Å². The Morgan fingerprint density at radius 2 is 1.05 bits per heavy atom. The number of hydrogen-bond acceptors (Lipinski definition) is 6. The quantitative estimate of drug-likeness (QED) is 0.482. The molecule has 0 atom stereocenters. The highest BCUT2D eigenvalue weighted by Crippen LogP contribution is 2.03. The Hall–Kier alpha value is -3.02. The topological polar surface area (TPSA) is 77.3 Å². The lowest BCUT2D eigenvalue weighted by Crippen LogP contribution is -1.81. The third kappa shape index (κ3) is 2.69. The molecule has 0 saturated carbocycles. The fourth-order valence-corrected chi connectivity index (χ4v) is 1.63. The summed E-state index contributed by atoms with van der Waals surface area (Å²) in [6.45, 7) is 0. The second-order valence-electron chi connectivity index (χ2n) is 3.86. The van der Waals surface area contributed by atoms with Crippen LogP contribution in [0.15, 0.2) is 61.7 Å². The highest BCUT2D eigenvalue weighted by Gasteiger charge is 1.90. The van der Waals surface area contributed by atoms with E-state index < -0.39 is 0 Å². The molecule has 0 saturated heterocycles. The molecule has 6 nitrogen and oxygen atoms in total. The second kappa shape index (κ2) is 5.75. The van der Waals surface area contributed by atoms with E-state index in [9.17, 15) is 0 Å². The fraction of sp³-hybridized carbons (Fsp3) is 0. The zero-order valence-corrected chi connectivity index (χ0v) is 10.5. The minimum Gasteiger partial charge on any atom is -0.253 e. The van der Waals surface area contributed by atoms with Crippen LogP contribution in [-0.4, -0.2) is 29.9 Å². The van der Waals surface area contributed by atoms with Crippen molar-refractivity contribution >= 4 is 22.1 Å². The Balaban J connectivity index is 0.000000121. The van der Waals surface area contributed by atoms with Gasteiger partial charge in [0.2, 0.25) is 0 Å². The maximum absolute atomic E-state index is 4.06. The Bertz CT molecular complexity index is 631. The molecule has 4 aromatic rings. The summed E-state index contributed by atoms with van der Waals surface area (Å²) in [5, 5.41) is 0. The first-order chi connectivity index (χ1) is 9.93. The van der Waals surface area contributed by atoms with Gasteiger partial charge in [0, 0.05) is 12.4 Å². The zero-order chi connectivity index (χ0) is 13.6. The molecule has 0 bridgehead atoms. The smallest absolute Gasteiger partial charge is 0.116 e. The maximum Gasteiger partial charge on any atom is 0.116 e. The fourth-order valence-electron chi connectivity index (χ4n) is 1.63. The molecule has 6 heteroatoms. The van der Waals surface area contributed by atoms with Crippen molar-refractivity contribution in [3.63, 3.8) is 0 Å². The van der Waals surface area contributed by atoms with Gasteiger partial charge in [0.15, 0.2) is 0 Å². The lowest BCUT2D eigenvalue weighted by Gasteiger charge is -1.89. The molecule has 0 radical (unpaired) electrons. The van der Waals surface area contributed by atoms with E-state index in [0.29, 0.717) is 0 Å². The van der Waals surface area contributed by atoms with E-state index in [-0.39, 0.29) is 0 Å². The number of nitrogens with zero attached hydrogens (tertiary/aromatic N) is 6. The van der Waals surface area contributed by atoms with Crippen LogP contribution in [0.5, 0.6) is 0 Å². The Kier molecular flexibility index (Phi) is 3.46. The van der Waals surface area contributed by atoms with Crippen molar-refractivity contribution in [1.29, 1.82) is 0 Å². The summed E-state index contributed by atoms with van der Waals surface area (Å²) in [5.74, 6) is 0. The van der Waals surface area contributed by atoms with E-state index in [0.717, 1.165) is 22.1 Å². The molecular formula is C14H10N6. The average molecular weight is 262 g/mol. The molecule has 4 heterocycles. The van der Waals surface area contributed by atoms with Crippen molar-refractivity contribution < 1.29 is 0 Å². The second-order valence-corrected chi connectivity index (χ2v) is 3.86. The molecule has 0 aromatic carbocycles. The monoisotopic (exact) mass is 262 g/mol. The van der Waals surface area contributed by atoms with E-state index in [1.807, 2.05) is 24.3 Å². The SMILES string of the molecule is c1cnc2cncnc2c1.c1cnc2cncnc2c1. The van der Waals surface area contributed by atoms with E-state index >= 15 is 0 Å². The predicted molar refractivity (Wildman–Crippen MR) is 74.7 cm³/mol. The van der Waals surface area contributed by atoms with Gasteiger partial charge in [-0.1, -0.05) is 0 Å². The standard InChI is InChI=1S/2C7H5N3/c2*1-2-6-7(9-3-1)4-8-5-10-6/h2*1-5H. The first kappa shape index (κ1) is 12.0. The van der Waals surface area contributed by atoms with Gasteiger partial charge in [-0.15, -0.1) is 0 Å². The zero-order valence-electron chi connectivity index (χ0n) is 10.5. The van der Waals surface area contributed by atoms with Gasteiger partial charge in [0.25, 0.3) is 0 Å². The Labute approximate surface area is 114 Å². The summed E-state index contributed by atoms with van der Waals surface area (Å²) in [7, 11) is 0. The minimum absolute atomic E-state index is 0.838. The number of hydrogen-bond donors (Lipinski definition) is 0. The van der Waals surface area contributed by atoms with Crippen LogP contribution in [0, 0.1) is 0 Å². The van der Waals surface area contributed by atoms with Crippen molar-refractivity contribution in [2.75, 3.05) is 0 Å². The van der Waals surface area contributed by atoms with Crippen molar-refractivity contribution in [1.82, 2.24) is 29.9 Å². The van der Waals surface area contributed by atoms with Crippen LogP contribution in [0.4, 0.5) is 0 Å². The summed E-state index contributed by atoms with van der Waals surface area (Å²) in [6, 6.07) is 7.53. The largest absolute Gasteiger partial charge is 0.253 e. The van der Waals surface area contributed by atoms with Gasteiger partial charge in [0.1, 0.15) is 23.7 Å². The molecule has 0 amide bonds. The predicted octanol–water partition coefficient (Wildman–Crippen LogP) is 2.05. The molecule has 0 unspecified atom stereocenters. The van der Waals surface area contributed by atoms with Gasteiger partial charge >= 0.3 is 0 Å². The van der Waals surface area contributed by atoms with Crippen LogP contribution < -0.4 is 0 Å². The molecule has 0 spiro atoms. The lowest BCUT2D eigenvalue weighted by atomic mass is 10.4. The van der Waals surface area contributed by atoms with E-state index in [2.05, 4.69) is 29.9 Å². The Morgan fingerprint density at radius 1 is 0.550 bits per heavy atom. The lowest BCUT2D eigenvalue weighted by molar-refractivity contribution is 1.20. The van der Waals surface area contributed by atoms with Crippen molar-refractivity contribution in [2.45, 2.75) is 0 Å². The van der Waals surface area contributed by atoms with Crippen LogP contribution >= 0.6 is 0 Å². The van der Waals surface area contributed by atoms with E-state index in [1.165, 1.54) is 12.7 Å². The minimum atomic E-state index is 0.838. The van der Waals surface area contributed by atoms with Crippen molar-refractivity contribution in [3.05, 3.63) is 61.7 Å². The van der Waals surface area contributed by atoms with Gasteiger partial charge < -0.3 is 0 Å². The van der Waals surface area contributed by atoms with Crippen LogP contribution in [0.25, 0.3) is 22.1 Å². The molecule has 4 rings (SSSR count). The number of aromatic nitrogens is 6. The first-order valence-electron chi connectivity index (χ1n) is 5.95. The molecular weight excluding hydrogens is 252 g/mol. The number of rotatable bonds is 0. The van der Waals surface area contributed by atoms with Crippen LogP contribution in [0.1, 0.15) is 0 Å². The Morgan fingerprint density at radius 3 is 1.50 bits per heavy atom. The summed E-state index contributed by atoms with van der Waals surface area (Å²) < 4.78 is 0. The van der Waals surface area contributed by atoms with Crippen LogP contribution in [-0.2, 0) is 0 Å². The van der Waals surface area contributed by atoms with Crippen molar-refractivity contribution in [3.8, 4) is 0 Å². The average Bonchev–Trinajstić information content (AvgIpc) is 2.56. The molecule has 0 N–H and O–H groups in total. The van der Waals surface area contributed by atoms with E-state index in [4.69, 9.17) is 0 Å². The highest BCUT2D eigenvalue weighted by molar-refractivity contribution is 5.72. The normalized spacial score (nSPS) is 10.0. The molecule has 96 valence electrons. The molecule has 0 aliphatic carbocycles. The van der Waals surface area contributed by atoms with Gasteiger partial charge in [-0.05, 0) is 24.3 Å². The van der Waals surface area contributed by atoms with Gasteiger partial charge in [-0.3, -0.25) is 9.97 Å². The number of fused-ring (bicyclic) bond motifs is 2. The number of pyridine rings is 2. The van der Waals surface area contributed by atoms with Gasteiger partial charge in [-0.25, -0.2) is 19.9 Å². The molecule has 0 aliphatic heterocycles. The molecule has 0 aliphatic rings. The van der Waals surface area contributed by atoms with Gasteiger partial charge in [0.05, 0.1) is 23.4 Å².